The SMILES string of the molecule is C=C(Br)C[C@H](NC(=O)c1cc(Br)cc(Br)c1)C(=O)O. The summed E-state index contributed by atoms with van der Waals surface area (Å²) in [6, 6.07) is 3.99. The Balaban J connectivity index is 2.87. The Morgan fingerprint density at radius 2 is 1.79 bits per heavy atom. The molecule has 0 bridgehead atoms. The van der Waals surface area contributed by atoms with E-state index in [0.717, 1.165) is 8.95 Å². The smallest absolute Gasteiger partial charge is 0.326 e. The van der Waals surface area contributed by atoms with E-state index in [2.05, 4.69) is 59.7 Å². The monoisotopic (exact) mass is 453 g/mol. The minimum Gasteiger partial charge on any atom is -0.480 e. The molecule has 0 saturated heterocycles. The highest BCUT2D eigenvalue weighted by atomic mass is 79.9. The van der Waals surface area contributed by atoms with E-state index in [-0.39, 0.29) is 6.42 Å². The first-order valence-corrected chi connectivity index (χ1v) is 7.50. The molecule has 0 heterocycles. The zero-order valence-electron chi connectivity index (χ0n) is 9.62. The van der Waals surface area contributed by atoms with Gasteiger partial charge in [-0.2, -0.15) is 0 Å². The van der Waals surface area contributed by atoms with Gasteiger partial charge in [0.05, 0.1) is 0 Å². The summed E-state index contributed by atoms with van der Waals surface area (Å²) in [5, 5.41) is 11.5. The summed E-state index contributed by atoms with van der Waals surface area (Å²) in [5.41, 5.74) is 0.368. The van der Waals surface area contributed by atoms with Gasteiger partial charge in [-0.05, 0) is 22.7 Å². The molecule has 0 unspecified atom stereocenters. The summed E-state index contributed by atoms with van der Waals surface area (Å²) < 4.78 is 1.96. The lowest BCUT2D eigenvalue weighted by atomic mass is 10.1. The summed E-state index contributed by atoms with van der Waals surface area (Å²) in [6.45, 7) is 3.57. The number of aliphatic carboxylic acids is 1. The van der Waals surface area contributed by atoms with Gasteiger partial charge in [0.2, 0.25) is 0 Å². The Bertz CT molecular complexity index is 511. The molecular weight excluding hydrogens is 446 g/mol. The van der Waals surface area contributed by atoms with Crippen LogP contribution in [-0.2, 0) is 4.79 Å². The van der Waals surface area contributed by atoms with Crippen LogP contribution in [0.1, 0.15) is 16.8 Å². The molecule has 0 aliphatic carbocycles. The van der Waals surface area contributed by atoms with Crippen molar-refractivity contribution in [2.45, 2.75) is 12.5 Å². The van der Waals surface area contributed by atoms with Crippen LogP contribution in [0.25, 0.3) is 0 Å². The molecule has 1 aromatic rings. The van der Waals surface area contributed by atoms with Gasteiger partial charge in [-0.25, -0.2) is 4.79 Å². The molecule has 0 fully saturated rings. The van der Waals surface area contributed by atoms with E-state index >= 15 is 0 Å². The molecule has 0 radical (unpaired) electrons. The van der Waals surface area contributed by atoms with Crippen LogP contribution in [0.2, 0.25) is 0 Å². The number of carboxylic acids is 1. The van der Waals surface area contributed by atoms with Crippen molar-refractivity contribution in [2.24, 2.45) is 0 Å². The second kappa shape index (κ2) is 7.21. The maximum Gasteiger partial charge on any atom is 0.326 e. The summed E-state index contributed by atoms with van der Waals surface area (Å²) in [7, 11) is 0. The maximum absolute atomic E-state index is 12.0. The van der Waals surface area contributed by atoms with Crippen molar-refractivity contribution in [1.82, 2.24) is 5.32 Å². The first-order chi connectivity index (χ1) is 8.79. The molecule has 0 aliphatic heterocycles. The number of carbonyl (C=O) groups excluding carboxylic acids is 1. The number of rotatable bonds is 5. The van der Waals surface area contributed by atoms with E-state index in [1.165, 1.54) is 0 Å². The predicted octanol–water partition coefficient (Wildman–Crippen LogP) is 3.69. The highest BCUT2D eigenvalue weighted by Gasteiger charge is 2.21. The molecule has 1 atom stereocenters. The number of carbonyl (C=O) groups is 2. The number of benzene rings is 1. The third kappa shape index (κ3) is 5.46. The number of hydrogen-bond acceptors (Lipinski definition) is 2. The van der Waals surface area contributed by atoms with E-state index < -0.39 is 17.9 Å². The lowest BCUT2D eigenvalue weighted by molar-refractivity contribution is -0.139. The fraction of sp³-hybridized carbons (Fsp3) is 0.167. The summed E-state index contributed by atoms with van der Waals surface area (Å²) in [4.78, 5) is 23.0. The molecule has 1 rings (SSSR count). The molecule has 1 aromatic carbocycles. The van der Waals surface area contributed by atoms with Crippen molar-refractivity contribution >= 4 is 59.7 Å². The minimum atomic E-state index is -1.11. The lowest BCUT2D eigenvalue weighted by Crippen LogP contribution is -2.40. The number of nitrogens with one attached hydrogen (secondary N) is 1. The first kappa shape index (κ1) is 16.4. The van der Waals surface area contributed by atoms with E-state index in [1.54, 1.807) is 18.2 Å². The fourth-order valence-corrected chi connectivity index (χ4v) is 2.97. The van der Waals surface area contributed by atoms with E-state index in [9.17, 15) is 9.59 Å². The van der Waals surface area contributed by atoms with Crippen molar-refractivity contribution in [3.63, 3.8) is 0 Å². The predicted molar refractivity (Wildman–Crippen MR) is 83.4 cm³/mol. The molecule has 0 aliphatic rings. The molecule has 0 aromatic heterocycles. The topological polar surface area (TPSA) is 66.4 Å². The van der Waals surface area contributed by atoms with Gasteiger partial charge in [-0.3, -0.25) is 4.79 Å². The Hall–Kier alpha value is -0.660. The normalized spacial score (nSPS) is 11.7. The van der Waals surface area contributed by atoms with Gasteiger partial charge < -0.3 is 10.4 Å². The largest absolute Gasteiger partial charge is 0.480 e. The van der Waals surface area contributed by atoms with E-state index in [1.807, 2.05) is 0 Å². The van der Waals surface area contributed by atoms with Crippen molar-refractivity contribution in [1.29, 1.82) is 0 Å². The average molecular weight is 456 g/mol. The van der Waals surface area contributed by atoms with Crippen LogP contribution < -0.4 is 5.32 Å². The third-order valence-corrected chi connectivity index (χ3v) is 3.39. The van der Waals surface area contributed by atoms with Crippen LogP contribution in [0.5, 0.6) is 0 Å². The van der Waals surface area contributed by atoms with Crippen molar-refractivity contribution in [2.75, 3.05) is 0 Å². The van der Waals surface area contributed by atoms with Crippen LogP contribution in [0.3, 0.4) is 0 Å². The van der Waals surface area contributed by atoms with Gasteiger partial charge in [0.1, 0.15) is 6.04 Å². The molecule has 1 amide bonds. The Kier molecular flexibility index (Phi) is 6.22. The van der Waals surface area contributed by atoms with Crippen LogP contribution in [-0.4, -0.2) is 23.0 Å². The fourth-order valence-electron chi connectivity index (χ4n) is 1.35. The molecular formula is C12H10Br3NO3. The van der Waals surface area contributed by atoms with Gasteiger partial charge in [-0.15, -0.1) is 0 Å². The van der Waals surface area contributed by atoms with Crippen LogP contribution >= 0.6 is 47.8 Å². The number of hydrogen-bond donors (Lipinski definition) is 2. The Morgan fingerprint density at radius 1 is 1.26 bits per heavy atom. The van der Waals surface area contributed by atoms with Crippen molar-refractivity contribution in [3.05, 3.63) is 43.8 Å². The van der Waals surface area contributed by atoms with E-state index in [0.29, 0.717) is 10.0 Å². The summed E-state index contributed by atoms with van der Waals surface area (Å²) in [6.07, 6.45) is 0.121. The lowest BCUT2D eigenvalue weighted by Gasteiger charge is -2.14. The second-order valence-electron chi connectivity index (χ2n) is 3.74. The molecule has 0 saturated carbocycles. The van der Waals surface area contributed by atoms with Gasteiger partial charge in [0.15, 0.2) is 0 Å². The minimum absolute atomic E-state index is 0.121. The zero-order chi connectivity index (χ0) is 14.6. The number of halogens is 3. The summed E-state index contributed by atoms with van der Waals surface area (Å²) >= 11 is 9.63. The van der Waals surface area contributed by atoms with Crippen molar-refractivity contribution < 1.29 is 14.7 Å². The zero-order valence-corrected chi connectivity index (χ0v) is 14.4. The highest BCUT2D eigenvalue weighted by molar-refractivity contribution is 9.11. The molecule has 2 N–H and O–H groups in total. The quantitative estimate of drug-likeness (QED) is 0.711. The number of carboxylic acid groups (broad SMARTS) is 1. The molecule has 102 valence electrons. The highest BCUT2D eigenvalue weighted by Crippen LogP contribution is 2.20. The van der Waals surface area contributed by atoms with Crippen LogP contribution in [0.4, 0.5) is 0 Å². The van der Waals surface area contributed by atoms with Gasteiger partial charge >= 0.3 is 5.97 Å². The molecule has 4 nitrogen and oxygen atoms in total. The van der Waals surface area contributed by atoms with E-state index in [4.69, 9.17) is 5.11 Å². The second-order valence-corrected chi connectivity index (χ2v) is 6.70. The molecule has 7 heteroatoms. The third-order valence-electron chi connectivity index (χ3n) is 2.15. The van der Waals surface area contributed by atoms with Crippen LogP contribution in [0, 0.1) is 0 Å². The average Bonchev–Trinajstić information content (AvgIpc) is 2.25. The molecule has 19 heavy (non-hydrogen) atoms. The number of amides is 1. The van der Waals surface area contributed by atoms with Gasteiger partial charge in [-0.1, -0.05) is 54.4 Å². The molecule has 0 spiro atoms. The Morgan fingerprint density at radius 3 is 2.21 bits per heavy atom. The van der Waals surface area contributed by atoms with Gasteiger partial charge in [0.25, 0.3) is 5.91 Å². The van der Waals surface area contributed by atoms with Crippen molar-refractivity contribution in [3.8, 4) is 0 Å². The Labute approximate surface area is 135 Å². The summed E-state index contributed by atoms with van der Waals surface area (Å²) in [5.74, 6) is -1.56. The van der Waals surface area contributed by atoms with Crippen LogP contribution in [0.15, 0.2) is 38.2 Å². The maximum atomic E-state index is 12.0. The standard InChI is InChI=1S/C12H10Br3NO3/c1-6(13)2-10(12(18)19)16-11(17)7-3-8(14)5-9(15)4-7/h3-5,10H,1-2H2,(H,16,17)(H,18,19)/t10-/m0/s1. The first-order valence-electron chi connectivity index (χ1n) is 5.12. The van der Waals surface area contributed by atoms with Gasteiger partial charge in [0, 0.05) is 20.9 Å².